The van der Waals surface area contributed by atoms with Gasteiger partial charge in [0.05, 0.1) is 19.6 Å². The van der Waals surface area contributed by atoms with E-state index in [9.17, 15) is 9.18 Å². The minimum atomic E-state index is -0.150. The molecule has 2 heterocycles. The summed E-state index contributed by atoms with van der Waals surface area (Å²) in [5.74, 6) is 1.22. The number of hydrogen-bond donors (Lipinski definition) is 0. The second-order valence-corrected chi connectivity index (χ2v) is 10.3. The van der Waals surface area contributed by atoms with Crippen LogP contribution in [-0.2, 0) is 14.9 Å². The monoisotopic (exact) mass is 477 g/mol. The summed E-state index contributed by atoms with van der Waals surface area (Å²) in [6.45, 7) is 6.02. The van der Waals surface area contributed by atoms with E-state index >= 15 is 0 Å². The second-order valence-electron chi connectivity index (χ2n) is 10.3. The van der Waals surface area contributed by atoms with Gasteiger partial charge in [-0.05, 0) is 74.4 Å². The molecule has 0 atom stereocenters. The van der Waals surface area contributed by atoms with Crippen LogP contribution >= 0.6 is 0 Å². The van der Waals surface area contributed by atoms with E-state index in [1.54, 1.807) is 6.07 Å². The average Bonchev–Trinajstić information content (AvgIpc) is 3.66. The Kier molecular flexibility index (Phi) is 7.24. The highest BCUT2D eigenvalue weighted by atomic mass is 19.1. The number of halogens is 1. The third-order valence-corrected chi connectivity index (χ3v) is 7.83. The summed E-state index contributed by atoms with van der Waals surface area (Å²) in [5, 5.41) is 0. The quantitative estimate of drug-likeness (QED) is 0.240. The van der Waals surface area contributed by atoms with E-state index in [1.807, 2.05) is 18.2 Å². The van der Waals surface area contributed by atoms with Crippen LogP contribution in [0.25, 0.3) is 12.2 Å². The van der Waals surface area contributed by atoms with E-state index in [4.69, 9.17) is 9.47 Å². The maximum Gasteiger partial charge on any atom is 0.307 e. The molecule has 2 aliphatic heterocycles. The summed E-state index contributed by atoms with van der Waals surface area (Å²) < 4.78 is 26.0. The SMILES string of the molecule is CCCCOC(=O)CCN1CCC2(CC1)COc1cc(/C=C/c3c(F)cccc3C3CC3)ccc12. The van der Waals surface area contributed by atoms with Gasteiger partial charge in [-0.25, -0.2) is 4.39 Å². The molecule has 1 saturated heterocycles. The van der Waals surface area contributed by atoms with Crippen molar-refractivity contribution in [1.29, 1.82) is 0 Å². The van der Waals surface area contributed by atoms with E-state index in [0.717, 1.165) is 80.6 Å². The van der Waals surface area contributed by atoms with Gasteiger partial charge in [-0.15, -0.1) is 0 Å². The van der Waals surface area contributed by atoms with Crippen LogP contribution in [0.2, 0.25) is 0 Å². The molecule has 2 aromatic rings. The fraction of sp³-hybridized carbons (Fsp3) is 0.500. The van der Waals surface area contributed by atoms with Crippen molar-refractivity contribution in [2.75, 3.05) is 32.8 Å². The Bertz CT molecular complexity index is 1080. The number of esters is 1. The van der Waals surface area contributed by atoms with E-state index in [2.05, 4.69) is 36.1 Å². The summed E-state index contributed by atoms with van der Waals surface area (Å²) in [7, 11) is 0. The zero-order chi connectivity index (χ0) is 24.3. The van der Waals surface area contributed by atoms with Crippen LogP contribution in [0.15, 0.2) is 36.4 Å². The van der Waals surface area contributed by atoms with Gasteiger partial charge in [0, 0.05) is 23.1 Å². The molecular weight excluding hydrogens is 441 g/mol. The molecule has 1 aliphatic carbocycles. The van der Waals surface area contributed by atoms with Gasteiger partial charge < -0.3 is 14.4 Å². The predicted octanol–water partition coefficient (Wildman–Crippen LogP) is 6.33. The van der Waals surface area contributed by atoms with Crippen molar-refractivity contribution in [3.05, 3.63) is 64.5 Å². The fourth-order valence-electron chi connectivity index (χ4n) is 5.42. The highest BCUT2D eigenvalue weighted by Gasteiger charge is 2.43. The van der Waals surface area contributed by atoms with Crippen molar-refractivity contribution in [2.45, 2.75) is 63.2 Å². The Morgan fingerprint density at radius 3 is 2.80 bits per heavy atom. The Morgan fingerprint density at radius 1 is 1.20 bits per heavy atom. The molecule has 0 amide bonds. The average molecular weight is 478 g/mol. The standard InChI is InChI=1S/C30H36FNO3/c1-2-3-19-34-29(33)13-16-32-17-14-30(15-18-32)21-35-28-20-22(8-12-26(28)30)7-11-25-24(23-9-10-23)5-4-6-27(25)31/h4-8,11-12,20,23H,2-3,9-10,13-19,21H2,1H3/b11-7+. The zero-order valence-corrected chi connectivity index (χ0v) is 20.7. The summed E-state index contributed by atoms with van der Waals surface area (Å²) >= 11 is 0. The van der Waals surface area contributed by atoms with Gasteiger partial charge in [-0.2, -0.15) is 0 Å². The van der Waals surface area contributed by atoms with Crippen LogP contribution in [0.5, 0.6) is 5.75 Å². The van der Waals surface area contributed by atoms with E-state index in [0.29, 0.717) is 25.6 Å². The van der Waals surface area contributed by atoms with E-state index in [-0.39, 0.29) is 17.2 Å². The van der Waals surface area contributed by atoms with Crippen LogP contribution in [-0.4, -0.2) is 43.7 Å². The van der Waals surface area contributed by atoms with E-state index < -0.39 is 0 Å². The molecule has 5 rings (SSSR count). The maximum absolute atomic E-state index is 14.5. The molecule has 2 aromatic carbocycles. The Labute approximate surface area is 208 Å². The zero-order valence-electron chi connectivity index (χ0n) is 20.7. The van der Waals surface area contributed by atoms with Gasteiger partial charge in [-0.1, -0.05) is 49.8 Å². The number of carbonyl (C=O) groups is 1. The number of nitrogens with zero attached hydrogens (tertiary/aromatic N) is 1. The van der Waals surface area contributed by atoms with Crippen LogP contribution in [0, 0.1) is 5.82 Å². The Hall–Kier alpha value is -2.66. The molecule has 0 N–H and O–H groups in total. The van der Waals surface area contributed by atoms with Gasteiger partial charge in [0.1, 0.15) is 11.6 Å². The topological polar surface area (TPSA) is 38.8 Å². The number of piperidine rings is 1. The third kappa shape index (κ3) is 5.45. The fourth-order valence-corrected chi connectivity index (χ4v) is 5.42. The van der Waals surface area contributed by atoms with Crippen LogP contribution in [0.1, 0.15) is 80.0 Å². The third-order valence-electron chi connectivity index (χ3n) is 7.83. The van der Waals surface area contributed by atoms with Gasteiger partial charge in [0.15, 0.2) is 0 Å². The molecule has 0 radical (unpaired) electrons. The normalized spacial score (nSPS) is 19.1. The van der Waals surface area contributed by atoms with E-state index in [1.165, 1.54) is 5.56 Å². The Morgan fingerprint density at radius 2 is 2.03 bits per heavy atom. The molecule has 3 aliphatic rings. The first-order valence-corrected chi connectivity index (χ1v) is 13.2. The van der Waals surface area contributed by atoms with Crippen molar-refractivity contribution >= 4 is 18.1 Å². The van der Waals surface area contributed by atoms with Gasteiger partial charge in [0.25, 0.3) is 0 Å². The minimum absolute atomic E-state index is 0.0559. The predicted molar refractivity (Wildman–Crippen MR) is 137 cm³/mol. The lowest BCUT2D eigenvalue weighted by Crippen LogP contribution is -2.44. The molecule has 4 nitrogen and oxygen atoms in total. The molecule has 35 heavy (non-hydrogen) atoms. The molecule has 0 unspecified atom stereocenters. The lowest BCUT2D eigenvalue weighted by molar-refractivity contribution is -0.144. The number of fused-ring (bicyclic) bond motifs is 2. The number of rotatable bonds is 9. The van der Waals surface area contributed by atoms with Crippen LogP contribution in [0.4, 0.5) is 4.39 Å². The minimum Gasteiger partial charge on any atom is -0.492 e. The molecule has 0 bridgehead atoms. The first-order valence-electron chi connectivity index (χ1n) is 13.2. The first kappa shape index (κ1) is 24.1. The molecule has 1 spiro atoms. The van der Waals surface area contributed by atoms with Crippen molar-refractivity contribution in [3.8, 4) is 5.75 Å². The number of carbonyl (C=O) groups excluding carboxylic acids is 1. The summed E-state index contributed by atoms with van der Waals surface area (Å²) in [6, 6.07) is 11.8. The second kappa shape index (κ2) is 10.5. The lowest BCUT2D eigenvalue weighted by atomic mass is 9.74. The van der Waals surface area contributed by atoms with Crippen molar-refractivity contribution in [1.82, 2.24) is 4.90 Å². The van der Waals surface area contributed by atoms with Gasteiger partial charge >= 0.3 is 5.97 Å². The summed E-state index contributed by atoms with van der Waals surface area (Å²) in [4.78, 5) is 14.3. The first-order chi connectivity index (χ1) is 17.1. The van der Waals surface area contributed by atoms with Crippen LogP contribution < -0.4 is 4.74 Å². The van der Waals surface area contributed by atoms with Crippen molar-refractivity contribution < 1.29 is 18.7 Å². The molecule has 2 fully saturated rings. The number of benzene rings is 2. The number of unbranched alkanes of at least 4 members (excludes halogenated alkanes) is 1. The molecule has 1 saturated carbocycles. The number of hydrogen-bond acceptors (Lipinski definition) is 4. The number of ether oxygens (including phenoxy) is 2. The largest absolute Gasteiger partial charge is 0.492 e. The molecular formula is C30H36FNO3. The Balaban J connectivity index is 1.19. The lowest BCUT2D eigenvalue weighted by Gasteiger charge is -2.38. The molecule has 0 aromatic heterocycles. The summed E-state index contributed by atoms with van der Waals surface area (Å²) in [6.07, 6.45) is 10.7. The summed E-state index contributed by atoms with van der Waals surface area (Å²) in [5.41, 5.74) is 4.22. The molecule has 5 heteroatoms. The van der Waals surface area contributed by atoms with Gasteiger partial charge in [-0.3, -0.25) is 4.79 Å². The highest BCUT2D eigenvalue weighted by molar-refractivity contribution is 5.73. The maximum atomic E-state index is 14.5. The van der Waals surface area contributed by atoms with Gasteiger partial charge in [0.2, 0.25) is 0 Å². The number of likely N-dealkylation sites (tertiary alicyclic amines) is 1. The van der Waals surface area contributed by atoms with Crippen molar-refractivity contribution in [2.24, 2.45) is 0 Å². The molecule has 186 valence electrons. The smallest absolute Gasteiger partial charge is 0.307 e. The van der Waals surface area contributed by atoms with Crippen LogP contribution in [0.3, 0.4) is 0 Å². The van der Waals surface area contributed by atoms with Crippen molar-refractivity contribution in [3.63, 3.8) is 0 Å². The highest BCUT2D eigenvalue weighted by Crippen LogP contribution is 2.46.